The summed E-state index contributed by atoms with van der Waals surface area (Å²) >= 11 is 3.29. The zero-order valence-electron chi connectivity index (χ0n) is 10.0. The van der Waals surface area contributed by atoms with Gasteiger partial charge in [0.15, 0.2) is 0 Å². The number of hydrogen-bond donors (Lipinski definition) is 0. The van der Waals surface area contributed by atoms with Crippen LogP contribution in [0.25, 0.3) is 0 Å². The van der Waals surface area contributed by atoms with Gasteiger partial charge in [0.25, 0.3) is 5.91 Å². The summed E-state index contributed by atoms with van der Waals surface area (Å²) in [6.07, 6.45) is 5.15. The third-order valence-corrected chi connectivity index (χ3v) is 3.89. The predicted molar refractivity (Wildman–Crippen MR) is 70.9 cm³/mol. The molecule has 0 radical (unpaired) electrons. The van der Waals surface area contributed by atoms with Crippen molar-refractivity contribution in [1.29, 1.82) is 0 Å². The second-order valence-electron chi connectivity index (χ2n) is 4.51. The monoisotopic (exact) mass is 296 g/mol. The molecule has 0 aromatic carbocycles. The maximum Gasteiger partial charge on any atom is 0.254 e. The van der Waals surface area contributed by atoms with E-state index in [9.17, 15) is 4.79 Å². The number of piperidine rings is 1. The van der Waals surface area contributed by atoms with Crippen LogP contribution in [0, 0.1) is 5.92 Å². The van der Waals surface area contributed by atoms with Crippen molar-refractivity contribution in [3.8, 4) is 0 Å². The number of nitrogens with zero attached hydrogens (tertiary/aromatic N) is 2. The molecule has 1 aromatic heterocycles. The number of aromatic nitrogens is 1. The van der Waals surface area contributed by atoms with Crippen molar-refractivity contribution in [2.45, 2.75) is 26.2 Å². The van der Waals surface area contributed by atoms with Crippen molar-refractivity contribution >= 4 is 21.8 Å². The summed E-state index contributed by atoms with van der Waals surface area (Å²) in [6.45, 7) is 4.00. The van der Waals surface area contributed by atoms with E-state index in [4.69, 9.17) is 0 Å². The number of likely N-dealkylation sites (tertiary alicyclic amines) is 1. The highest BCUT2D eigenvalue weighted by molar-refractivity contribution is 9.10. The molecule has 1 aromatic rings. The van der Waals surface area contributed by atoms with Gasteiger partial charge in [-0.05, 0) is 46.8 Å². The second kappa shape index (κ2) is 5.63. The molecule has 0 N–H and O–H groups in total. The standard InChI is InChI=1S/C13H17BrN2O/c1-2-10-4-7-16(8-5-10)13(17)11-3-6-15-12(14)9-11/h3,6,9-10H,2,4-5,7-8H2,1H3. The number of rotatable bonds is 2. The minimum absolute atomic E-state index is 0.127. The normalized spacial score (nSPS) is 17.2. The first-order chi connectivity index (χ1) is 8.20. The molecule has 0 atom stereocenters. The fourth-order valence-electron chi connectivity index (χ4n) is 2.26. The Morgan fingerprint density at radius 2 is 2.24 bits per heavy atom. The smallest absolute Gasteiger partial charge is 0.254 e. The highest BCUT2D eigenvalue weighted by Gasteiger charge is 2.22. The van der Waals surface area contributed by atoms with Gasteiger partial charge in [-0.1, -0.05) is 13.3 Å². The van der Waals surface area contributed by atoms with Crippen LogP contribution in [0.5, 0.6) is 0 Å². The third kappa shape index (κ3) is 3.06. The van der Waals surface area contributed by atoms with Crippen LogP contribution in [0.3, 0.4) is 0 Å². The Bertz CT molecular complexity index is 400. The van der Waals surface area contributed by atoms with Crippen molar-refractivity contribution in [2.75, 3.05) is 13.1 Å². The van der Waals surface area contributed by atoms with Crippen LogP contribution in [0.15, 0.2) is 22.9 Å². The number of carbonyl (C=O) groups excluding carboxylic acids is 1. The summed E-state index contributed by atoms with van der Waals surface area (Å²) in [4.78, 5) is 18.2. The van der Waals surface area contributed by atoms with Crippen LogP contribution < -0.4 is 0 Å². The van der Waals surface area contributed by atoms with Gasteiger partial charge in [-0.15, -0.1) is 0 Å². The third-order valence-electron chi connectivity index (χ3n) is 3.45. The number of amides is 1. The molecular formula is C13H17BrN2O. The van der Waals surface area contributed by atoms with Gasteiger partial charge in [0.2, 0.25) is 0 Å². The fraction of sp³-hybridized carbons (Fsp3) is 0.538. The largest absolute Gasteiger partial charge is 0.339 e. The quantitative estimate of drug-likeness (QED) is 0.786. The van der Waals surface area contributed by atoms with Gasteiger partial charge in [0.1, 0.15) is 4.60 Å². The summed E-state index contributed by atoms with van der Waals surface area (Å²) in [7, 11) is 0. The Labute approximate surface area is 110 Å². The van der Waals surface area contributed by atoms with E-state index in [1.807, 2.05) is 4.90 Å². The Morgan fingerprint density at radius 1 is 1.53 bits per heavy atom. The Kier molecular flexibility index (Phi) is 4.15. The summed E-state index contributed by atoms with van der Waals surface area (Å²) < 4.78 is 0.715. The molecule has 0 unspecified atom stereocenters. The molecule has 0 saturated carbocycles. The van der Waals surface area contributed by atoms with Gasteiger partial charge in [-0.3, -0.25) is 4.79 Å². The van der Waals surface area contributed by atoms with Gasteiger partial charge in [0.05, 0.1) is 0 Å². The van der Waals surface area contributed by atoms with E-state index >= 15 is 0 Å². The molecule has 3 nitrogen and oxygen atoms in total. The van der Waals surface area contributed by atoms with Crippen molar-refractivity contribution < 1.29 is 4.79 Å². The lowest BCUT2D eigenvalue weighted by atomic mass is 9.94. The molecule has 0 spiro atoms. The van der Waals surface area contributed by atoms with E-state index in [0.717, 1.165) is 37.4 Å². The maximum absolute atomic E-state index is 12.2. The molecule has 4 heteroatoms. The summed E-state index contributed by atoms with van der Waals surface area (Å²) in [5.74, 6) is 0.922. The van der Waals surface area contributed by atoms with E-state index < -0.39 is 0 Å². The first-order valence-electron chi connectivity index (χ1n) is 6.11. The first-order valence-corrected chi connectivity index (χ1v) is 6.91. The highest BCUT2D eigenvalue weighted by atomic mass is 79.9. The maximum atomic E-state index is 12.2. The highest BCUT2D eigenvalue weighted by Crippen LogP contribution is 2.21. The van der Waals surface area contributed by atoms with Crippen LogP contribution in [-0.4, -0.2) is 28.9 Å². The van der Waals surface area contributed by atoms with Gasteiger partial charge in [0, 0.05) is 24.8 Å². The van der Waals surface area contributed by atoms with Crippen LogP contribution in [0.4, 0.5) is 0 Å². The van der Waals surface area contributed by atoms with Gasteiger partial charge >= 0.3 is 0 Å². The van der Waals surface area contributed by atoms with E-state index in [1.165, 1.54) is 6.42 Å². The predicted octanol–water partition coefficient (Wildman–Crippen LogP) is 3.11. The zero-order valence-corrected chi connectivity index (χ0v) is 11.6. The molecule has 1 fully saturated rings. The second-order valence-corrected chi connectivity index (χ2v) is 5.32. The van der Waals surface area contributed by atoms with Gasteiger partial charge < -0.3 is 4.90 Å². The lowest BCUT2D eigenvalue weighted by molar-refractivity contribution is 0.0688. The molecule has 92 valence electrons. The number of hydrogen-bond acceptors (Lipinski definition) is 2. The minimum Gasteiger partial charge on any atom is -0.339 e. The lowest BCUT2D eigenvalue weighted by Gasteiger charge is -2.31. The average molecular weight is 297 g/mol. The lowest BCUT2D eigenvalue weighted by Crippen LogP contribution is -2.38. The van der Waals surface area contributed by atoms with Crippen molar-refractivity contribution in [2.24, 2.45) is 5.92 Å². The van der Waals surface area contributed by atoms with E-state index in [1.54, 1.807) is 18.3 Å². The SMILES string of the molecule is CCC1CCN(C(=O)c2ccnc(Br)c2)CC1. The van der Waals surface area contributed by atoms with Crippen molar-refractivity contribution in [3.63, 3.8) is 0 Å². The Hall–Kier alpha value is -0.900. The molecule has 0 bridgehead atoms. The fourth-order valence-corrected chi connectivity index (χ4v) is 2.63. The number of pyridine rings is 1. The average Bonchev–Trinajstić information content (AvgIpc) is 2.38. The molecule has 1 amide bonds. The van der Waals surface area contributed by atoms with E-state index in [-0.39, 0.29) is 5.91 Å². The molecule has 2 heterocycles. The molecule has 2 rings (SSSR count). The van der Waals surface area contributed by atoms with E-state index in [2.05, 4.69) is 27.8 Å². The molecule has 1 aliphatic heterocycles. The Morgan fingerprint density at radius 3 is 2.82 bits per heavy atom. The molecule has 0 aliphatic carbocycles. The molecular weight excluding hydrogens is 280 g/mol. The number of halogens is 1. The zero-order chi connectivity index (χ0) is 12.3. The van der Waals surface area contributed by atoms with Crippen molar-refractivity contribution in [1.82, 2.24) is 9.88 Å². The topological polar surface area (TPSA) is 33.2 Å². The van der Waals surface area contributed by atoms with Crippen LogP contribution in [0.2, 0.25) is 0 Å². The Balaban J connectivity index is 2.02. The van der Waals surface area contributed by atoms with Gasteiger partial charge in [-0.2, -0.15) is 0 Å². The van der Waals surface area contributed by atoms with E-state index in [0.29, 0.717) is 4.60 Å². The summed E-state index contributed by atoms with van der Waals surface area (Å²) in [6, 6.07) is 3.56. The molecule has 17 heavy (non-hydrogen) atoms. The molecule has 1 aliphatic rings. The number of carbonyl (C=O) groups is 1. The first kappa shape index (κ1) is 12.6. The van der Waals surface area contributed by atoms with Crippen LogP contribution in [0.1, 0.15) is 36.5 Å². The molecule has 1 saturated heterocycles. The minimum atomic E-state index is 0.127. The summed E-state index contributed by atoms with van der Waals surface area (Å²) in [5.41, 5.74) is 0.724. The van der Waals surface area contributed by atoms with Crippen LogP contribution >= 0.6 is 15.9 Å². The van der Waals surface area contributed by atoms with Crippen molar-refractivity contribution in [3.05, 3.63) is 28.5 Å². The summed E-state index contributed by atoms with van der Waals surface area (Å²) in [5, 5.41) is 0. The van der Waals surface area contributed by atoms with Crippen LogP contribution in [-0.2, 0) is 0 Å². The van der Waals surface area contributed by atoms with Gasteiger partial charge in [-0.25, -0.2) is 4.98 Å².